The molecule has 0 atom stereocenters. The topological polar surface area (TPSA) is 55.1 Å². The average molecular weight is 380 g/mol. The first-order valence-corrected chi connectivity index (χ1v) is 7.41. The fourth-order valence-electron chi connectivity index (χ4n) is 1.87. The van der Waals surface area contributed by atoms with Gasteiger partial charge >= 0.3 is 0 Å². The van der Waals surface area contributed by atoms with E-state index in [4.69, 9.17) is 5.73 Å². The number of halogens is 1. The number of nitrogens with two attached hydrogens (primary N) is 1. The molecule has 0 heterocycles. The number of anilines is 2. The Morgan fingerprint density at radius 1 is 1.10 bits per heavy atom. The first kappa shape index (κ1) is 14.8. The maximum absolute atomic E-state index is 12.5. The third-order valence-electron chi connectivity index (χ3n) is 3.32. The van der Waals surface area contributed by atoms with Crippen molar-refractivity contribution in [3.63, 3.8) is 0 Å². The predicted molar refractivity (Wildman–Crippen MR) is 91.7 cm³/mol. The highest BCUT2D eigenvalue weighted by Gasteiger charge is 2.30. The molecular weight excluding hydrogens is 363 g/mol. The molecule has 20 heavy (non-hydrogen) atoms. The zero-order valence-electron chi connectivity index (χ0n) is 11.5. The van der Waals surface area contributed by atoms with Gasteiger partial charge in [-0.05, 0) is 66.3 Å². The monoisotopic (exact) mass is 380 g/mol. The Bertz CT molecular complexity index is 621. The molecule has 0 aliphatic carbocycles. The van der Waals surface area contributed by atoms with Crippen LogP contribution < -0.4 is 11.1 Å². The van der Waals surface area contributed by atoms with Crippen LogP contribution in [0.1, 0.15) is 19.4 Å². The van der Waals surface area contributed by atoms with E-state index in [1.54, 1.807) is 0 Å². The van der Waals surface area contributed by atoms with Crippen molar-refractivity contribution in [1.29, 1.82) is 0 Å². The fourth-order valence-corrected chi connectivity index (χ4v) is 2.39. The maximum atomic E-state index is 12.5. The Morgan fingerprint density at radius 2 is 1.70 bits per heavy atom. The molecular formula is C16H17IN2O. The lowest BCUT2D eigenvalue weighted by Crippen LogP contribution is -2.34. The van der Waals surface area contributed by atoms with Crippen LogP contribution in [0, 0.1) is 3.57 Å². The number of hydrogen-bond acceptors (Lipinski definition) is 2. The second-order valence-corrected chi connectivity index (χ2v) is 6.34. The van der Waals surface area contributed by atoms with Crippen LogP contribution in [0.4, 0.5) is 11.4 Å². The lowest BCUT2D eigenvalue weighted by molar-refractivity contribution is -0.120. The zero-order chi connectivity index (χ0) is 14.8. The second kappa shape index (κ2) is 5.83. The highest BCUT2D eigenvalue weighted by molar-refractivity contribution is 14.1. The van der Waals surface area contributed by atoms with Gasteiger partial charge in [-0.15, -0.1) is 0 Å². The summed E-state index contributed by atoms with van der Waals surface area (Å²) in [5, 5.41) is 2.99. The van der Waals surface area contributed by atoms with E-state index in [0.717, 1.165) is 14.8 Å². The summed E-state index contributed by atoms with van der Waals surface area (Å²) in [7, 11) is 0. The van der Waals surface area contributed by atoms with Gasteiger partial charge in [0.1, 0.15) is 0 Å². The van der Waals surface area contributed by atoms with Crippen LogP contribution in [0.5, 0.6) is 0 Å². The highest BCUT2D eigenvalue weighted by atomic mass is 127. The molecule has 0 radical (unpaired) electrons. The number of carbonyl (C=O) groups excluding carboxylic acids is 1. The molecule has 3 N–H and O–H groups in total. The summed E-state index contributed by atoms with van der Waals surface area (Å²) in [6.07, 6.45) is 0. The molecule has 104 valence electrons. The average Bonchev–Trinajstić information content (AvgIpc) is 2.41. The van der Waals surface area contributed by atoms with Crippen molar-refractivity contribution in [3.05, 3.63) is 57.7 Å². The van der Waals surface area contributed by atoms with Crippen molar-refractivity contribution < 1.29 is 4.79 Å². The summed E-state index contributed by atoms with van der Waals surface area (Å²) >= 11 is 2.21. The van der Waals surface area contributed by atoms with Gasteiger partial charge in [0.05, 0.1) is 11.1 Å². The zero-order valence-corrected chi connectivity index (χ0v) is 13.6. The molecule has 0 saturated heterocycles. The molecule has 0 fully saturated rings. The molecule has 2 rings (SSSR count). The summed E-state index contributed by atoms with van der Waals surface area (Å²) in [4.78, 5) is 12.5. The van der Waals surface area contributed by atoms with Gasteiger partial charge in [0.2, 0.25) is 5.91 Å². The van der Waals surface area contributed by atoms with Crippen molar-refractivity contribution in [3.8, 4) is 0 Å². The molecule has 3 nitrogen and oxygen atoms in total. The quantitative estimate of drug-likeness (QED) is 0.629. The molecule has 2 aromatic rings. The Balaban J connectivity index is 2.23. The first-order valence-electron chi connectivity index (χ1n) is 6.33. The number of amides is 1. The van der Waals surface area contributed by atoms with Crippen LogP contribution in [0.25, 0.3) is 0 Å². The highest BCUT2D eigenvalue weighted by Crippen LogP contribution is 2.27. The van der Waals surface area contributed by atoms with Crippen LogP contribution in [0.2, 0.25) is 0 Å². The van der Waals surface area contributed by atoms with E-state index in [-0.39, 0.29) is 5.91 Å². The number of hydrogen-bond donors (Lipinski definition) is 2. The summed E-state index contributed by atoms with van der Waals surface area (Å²) in [6, 6.07) is 15.1. The molecule has 0 aliphatic heterocycles. The van der Waals surface area contributed by atoms with Crippen LogP contribution in [-0.4, -0.2) is 5.91 Å². The summed E-state index contributed by atoms with van der Waals surface area (Å²) in [5.74, 6) is -0.0358. The molecule has 0 spiro atoms. The van der Waals surface area contributed by atoms with Crippen molar-refractivity contribution in [2.24, 2.45) is 0 Å². The van der Waals surface area contributed by atoms with Gasteiger partial charge in [-0.2, -0.15) is 0 Å². The summed E-state index contributed by atoms with van der Waals surface area (Å²) in [6.45, 7) is 3.81. The minimum atomic E-state index is -0.618. The Morgan fingerprint density at radius 3 is 2.30 bits per heavy atom. The van der Waals surface area contributed by atoms with Crippen LogP contribution in [0.3, 0.4) is 0 Å². The van der Waals surface area contributed by atoms with Gasteiger partial charge in [0, 0.05) is 9.26 Å². The number of nitrogen functional groups attached to an aromatic ring is 1. The van der Waals surface area contributed by atoms with Crippen LogP contribution in [-0.2, 0) is 10.2 Å². The van der Waals surface area contributed by atoms with Gasteiger partial charge in [-0.25, -0.2) is 0 Å². The summed E-state index contributed by atoms with van der Waals surface area (Å²) < 4.78 is 1.02. The molecule has 0 aliphatic rings. The van der Waals surface area contributed by atoms with Gasteiger partial charge < -0.3 is 11.1 Å². The van der Waals surface area contributed by atoms with E-state index < -0.39 is 5.41 Å². The maximum Gasteiger partial charge on any atom is 0.234 e. The first-order chi connectivity index (χ1) is 9.41. The largest absolute Gasteiger partial charge is 0.399 e. The number of para-hydroxylation sites is 1. The van der Waals surface area contributed by atoms with E-state index in [1.807, 2.05) is 62.4 Å². The minimum absolute atomic E-state index is 0.0358. The van der Waals surface area contributed by atoms with E-state index in [2.05, 4.69) is 27.9 Å². The standard InChI is InChI=1S/C16H17IN2O/c1-16(2,11-7-9-12(18)10-8-11)15(20)19-14-6-4-3-5-13(14)17/h3-10H,18H2,1-2H3,(H,19,20). The third kappa shape index (κ3) is 3.12. The Labute approximate surface area is 132 Å². The molecule has 2 aromatic carbocycles. The van der Waals surface area contributed by atoms with Gasteiger partial charge in [-0.1, -0.05) is 24.3 Å². The fraction of sp³-hybridized carbons (Fsp3) is 0.188. The van der Waals surface area contributed by atoms with Crippen molar-refractivity contribution in [2.75, 3.05) is 11.1 Å². The molecule has 0 unspecified atom stereocenters. The molecule has 4 heteroatoms. The molecule has 0 saturated carbocycles. The van der Waals surface area contributed by atoms with Crippen molar-refractivity contribution >= 4 is 39.9 Å². The second-order valence-electron chi connectivity index (χ2n) is 5.18. The SMILES string of the molecule is CC(C)(C(=O)Nc1ccccc1I)c1ccc(N)cc1. The molecule has 1 amide bonds. The lowest BCUT2D eigenvalue weighted by Gasteiger charge is -2.24. The Hall–Kier alpha value is -1.56. The van der Waals surface area contributed by atoms with Crippen LogP contribution in [0.15, 0.2) is 48.5 Å². The van der Waals surface area contributed by atoms with Gasteiger partial charge in [0.15, 0.2) is 0 Å². The predicted octanol–water partition coefficient (Wildman–Crippen LogP) is 3.79. The van der Waals surface area contributed by atoms with E-state index in [0.29, 0.717) is 5.69 Å². The van der Waals surface area contributed by atoms with E-state index >= 15 is 0 Å². The third-order valence-corrected chi connectivity index (χ3v) is 4.26. The number of carbonyl (C=O) groups is 1. The smallest absolute Gasteiger partial charge is 0.234 e. The van der Waals surface area contributed by atoms with E-state index in [1.165, 1.54) is 0 Å². The van der Waals surface area contributed by atoms with Crippen molar-refractivity contribution in [1.82, 2.24) is 0 Å². The normalized spacial score (nSPS) is 11.2. The Kier molecular flexibility index (Phi) is 4.32. The van der Waals surface area contributed by atoms with Crippen molar-refractivity contribution in [2.45, 2.75) is 19.3 Å². The van der Waals surface area contributed by atoms with Gasteiger partial charge in [0.25, 0.3) is 0 Å². The van der Waals surface area contributed by atoms with Gasteiger partial charge in [-0.3, -0.25) is 4.79 Å². The molecule has 0 bridgehead atoms. The number of nitrogens with one attached hydrogen (secondary N) is 1. The van der Waals surface area contributed by atoms with E-state index in [9.17, 15) is 4.79 Å². The number of rotatable bonds is 3. The van der Waals surface area contributed by atoms with Crippen LogP contribution >= 0.6 is 22.6 Å². The summed E-state index contributed by atoms with van der Waals surface area (Å²) in [5.41, 5.74) is 7.54. The lowest BCUT2D eigenvalue weighted by atomic mass is 9.83. The molecule has 0 aromatic heterocycles. The number of benzene rings is 2. The minimum Gasteiger partial charge on any atom is -0.399 e.